The number of para-hydroxylation sites is 1. The molecule has 3 rings (SSSR count). The van der Waals surface area contributed by atoms with Gasteiger partial charge in [-0.1, -0.05) is 18.2 Å². The molecule has 1 atom stereocenters. The van der Waals surface area contributed by atoms with Crippen LogP contribution in [0.1, 0.15) is 23.6 Å². The maximum atomic E-state index is 13.0. The number of ether oxygens (including phenoxy) is 1. The number of aromatic amines is 1. The predicted octanol–water partition coefficient (Wildman–Crippen LogP) is 3.99. The molecule has 1 heterocycles. The molecule has 0 aliphatic heterocycles. The van der Waals surface area contributed by atoms with Gasteiger partial charge in [0.15, 0.2) is 0 Å². The number of nitrogens with zero attached hydrogens (tertiary/aromatic N) is 1. The summed E-state index contributed by atoms with van der Waals surface area (Å²) in [6.07, 6.45) is 1.29. The Kier molecular flexibility index (Phi) is 6.54. The van der Waals surface area contributed by atoms with Gasteiger partial charge in [-0.25, -0.2) is 4.79 Å². The highest BCUT2D eigenvalue weighted by atomic mass is 16.6. The molecular weight excluding hydrogens is 400 g/mol. The molecule has 9 nitrogen and oxygen atoms in total. The second kappa shape index (κ2) is 9.29. The van der Waals surface area contributed by atoms with Crippen molar-refractivity contribution in [3.63, 3.8) is 0 Å². The van der Waals surface area contributed by atoms with Crippen molar-refractivity contribution in [1.82, 2.24) is 10.3 Å². The fourth-order valence-electron chi connectivity index (χ4n) is 3.38. The molecule has 0 bridgehead atoms. The number of benzene rings is 2. The maximum Gasteiger partial charge on any atom is 0.407 e. The molecule has 9 heteroatoms. The lowest BCUT2D eigenvalue weighted by molar-refractivity contribution is -0.385. The van der Waals surface area contributed by atoms with Crippen LogP contribution in [0.25, 0.3) is 10.9 Å². The van der Waals surface area contributed by atoms with Crippen molar-refractivity contribution in [3.05, 3.63) is 69.4 Å². The Labute approximate surface area is 178 Å². The van der Waals surface area contributed by atoms with Gasteiger partial charge in [-0.05, 0) is 44.0 Å². The lowest BCUT2D eigenvalue weighted by Crippen LogP contribution is -2.45. The molecular formula is C22H24N4O5. The Morgan fingerprint density at radius 3 is 2.68 bits per heavy atom. The summed E-state index contributed by atoms with van der Waals surface area (Å²) in [5.41, 5.74) is 3.17. The van der Waals surface area contributed by atoms with E-state index in [1.807, 2.05) is 24.3 Å². The second-order valence-electron chi connectivity index (χ2n) is 7.16. The number of amides is 2. The van der Waals surface area contributed by atoms with Crippen LogP contribution in [0.4, 0.5) is 16.2 Å². The third-order valence-corrected chi connectivity index (χ3v) is 5.09. The maximum absolute atomic E-state index is 13.0. The van der Waals surface area contributed by atoms with E-state index in [1.54, 1.807) is 33.0 Å². The molecule has 0 aliphatic rings. The summed E-state index contributed by atoms with van der Waals surface area (Å²) in [7, 11) is 0. The topological polar surface area (TPSA) is 126 Å². The van der Waals surface area contributed by atoms with E-state index in [-0.39, 0.29) is 24.4 Å². The first kappa shape index (κ1) is 21.8. The summed E-state index contributed by atoms with van der Waals surface area (Å²) >= 11 is 0. The highest BCUT2D eigenvalue weighted by Gasteiger charge is 2.24. The van der Waals surface area contributed by atoms with Crippen LogP contribution in [0.5, 0.6) is 0 Å². The molecule has 0 saturated heterocycles. The largest absolute Gasteiger partial charge is 0.450 e. The van der Waals surface area contributed by atoms with Crippen LogP contribution >= 0.6 is 0 Å². The molecule has 3 N–H and O–H groups in total. The van der Waals surface area contributed by atoms with Gasteiger partial charge in [-0.3, -0.25) is 14.9 Å². The average molecular weight is 424 g/mol. The Balaban J connectivity index is 1.87. The number of hydrogen-bond donors (Lipinski definition) is 3. The Morgan fingerprint density at radius 1 is 1.23 bits per heavy atom. The van der Waals surface area contributed by atoms with Crippen LogP contribution in [0.15, 0.2) is 42.6 Å². The number of nitro benzene ring substituents is 1. The van der Waals surface area contributed by atoms with Crippen molar-refractivity contribution in [2.75, 3.05) is 11.9 Å². The minimum atomic E-state index is -0.945. The summed E-state index contributed by atoms with van der Waals surface area (Å²) in [5, 5.41) is 17.5. The van der Waals surface area contributed by atoms with Crippen molar-refractivity contribution in [2.45, 2.75) is 33.2 Å². The van der Waals surface area contributed by atoms with Crippen molar-refractivity contribution in [3.8, 4) is 0 Å². The molecule has 2 amide bonds. The summed E-state index contributed by atoms with van der Waals surface area (Å²) in [5.74, 6) is -0.504. The minimum absolute atomic E-state index is 0.0816. The zero-order chi connectivity index (χ0) is 22.5. The van der Waals surface area contributed by atoms with E-state index in [0.717, 1.165) is 16.5 Å². The number of fused-ring (bicyclic) bond motifs is 1. The normalized spacial score (nSPS) is 11.7. The van der Waals surface area contributed by atoms with Crippen molar-refractivity contribution < 1.29 is 19.2 Å². The molecule has 2 aromatic carbocycles. The van der Waals surface area contributed by atoms with Gasteiger partial charge >= 0.3 is 6.09 Å². The molecule has 3 aromatic rings. The van der Waals surface area contributed by atoms with E-state index in [4.69, 9.17) is 4.74 Å². The van der Waals surface area contributed by atoms with Gasteiger partial charge in [-0.15, -0.1) is 0 Å². The summed E-state index contributed by atoms with van der Waals surface area (Å²) < 4.78 is 4.94. The molecule has 0 aliphatic carbocycles. The molecule has 0 saturated carbocycles. The van der Waals surface area contributed by atoms with Gasteiger partial charge < -0.3 is 20.4 Å². The van der Waals surface area contributed by atoms with Crippen LogP contribution in [-0.2, 0) is 16.0 Å². The number of aryl methyl sites for hydroxylation is 1. The van der Waals surface area contributed by atoms with Crippen LogP contribution in [0, 0.1) is 24.0 Å². The van der Waals surface area contributed by atoms with Crippen LogP contribution < -0.4 is 10.6 Å². The number of aromatic nitrogens is 1. The number of nitro groups is 1. The van der Waals surface area contributed by atoms with Crippen molar-refractivity contribution in [1.29, 1.82) is 0 Å². The molecule has 0 spiro atoms. The minimum Gasteiger partial charge on any atom is -0.450 e. The van der Waals surface area contributed by atoms with Crippen molar-refractivity contribution >= 4 is 34.3 Å². The smallest absolute Gasteiger partial charge is 0.407 e. The number of nitrogens with one attached hydrogen (secondary N) is 3. The molecule has 162 valence electrons. The SMILES string of the molecule is CCOC(=O)N[C@H](Cc1c[nH]c2ccccc12)C(=O)Nc1cc(C)c(C)c([N+](=O)[O-])c1. The third kappa shape index (κ3) is 5.00. The van der Waals surface area contributed by atoms with Crippen molar-refractivity contribution in [2.24, 2.45) is 0 Å². The number of hydrogen-bond acceptors (Lipinski definition) is 5. The Morgan fingerprint density at radius 2 is 1.97 bits per heavy atom. The monoisotopic (exact) mass is 424 g/mol. The molecule has 1 aromatic heterocycles. The number of anilines is 1. The Hall–Kier alpha value is -3.88. The summed E-state index contributed by atoms with van der Waals surface area (Å²) in [6.45, 7) is 5.22. The zero-order valence-electron chi connectivity index (χ0n) is 17.5. The van der Waals surface area contributed by atoms with E-state index in [9.17, 15) is 19.7 Å². The number of carbonyl (C=O) groups excluding carboxylic acids is 2. The highest BCUT2D eigenvalue weighted by molar-refractivity contribution is 5.97. The number of H-pyrrole nitrogens is 1. The number of rotatable bonds is 7. The molecule has 31 heavy (non-hydrogen) atoms. The average Bonchev–Trinajstić information content (AvgIpc) is 3.13. The second-order valence-corrected chi connectivity index (χ2v) is 7.16. The van der Waals surface area contributed by atoms with E-state index >= 15 is 0 Å². The van der Waals surface area contributed by atoms with Gasteiger partial charge in [0.2, 0.25) is 5.91 Å². The van der Waals surface area contributed by atoms with Gasteiger partial charge in [0.1, 0.15) is 6.04 Å². The lowest BCUT2D eigenvalue weighted by atomic mass is 10.0. The number of alkyl carbamates (subject to hydrolysis) is 1. The quantitative estimate of drug-likeness (QED) is 0.390. The van der Waals surface area contributed by atoms with Gasteiger partial charge in [0, 0.05) is 40.8 Å². The zero-order valence-corrected chi connectivity index (χ0v) is 17.5. The highest BCUT2D eigenvalue weighted by Crippen LogP contribution is 2.26. The first-order chi connectivity index (χ1) is 14.8. The molecule has 0 fully saturated rings. The van der Waals surface area contributed by atoms with Crippen LogP contribution in [0.2, 0.25) is 0 Å². The first-order valence-corrected chi connectivity index (χ1v) is 9.85. The van der Waals surface area contributed by atoms with Gasteiger partial charge in [0.25, 0.3) is 5.69 Å². The van der Waals surface area contributed by atoms with E-state index in [2.05, 4.69) is 15.6 Å². The standard InChI is InChI=1S/C22H24N4O5/c1-4-31-22(28)25-19(10-15-12-23-18-8-6-5-7-17(15)18)21(27)24-16-9-13(2)14(3)20(11-16)26(29)30/h5-9,11-12,19,23H,4,10H2,1-3H3,(H,24,27)(H,25,28)/t19-/m1/s1. The van der Waals surface area contributed by atoms with E-state index < -0.39 is 23.0 Å². The van der Waals surface area contributed by atoms with E-state index in [1.165, 1.54) is 6.07 Å². The van der Waals surface area contributed by atoms with Crippen LogP contribution in [-0.4, -0.2) is 34.6 Å². The third-order valence-electron chi connectivity index (χ3n) is 5.09. The fraction of sp³-hybridized carbons (Fsp3) is 0.273. The summed E-state index contributed by atoms with van der Waals surface area (Å²) in [6, 6.07) is 9.66. The lowest BCUT2D eigenvalue weighted by Gasteiger charge is -2.18. The fourth-order valence-corrected chi connectivity index (χ4v) is 3.38. The van der Waals surface area contributed by atoms with Gasteiger partial charge in [-0.2, -0.15) is 0 Å². The van der Waals surface area contributed by atoms with E-state index in [0.29, 0.717) is 11.1 Å². The molecule has 0 unspecified atom stereocenters. The Bertz CT molecular complexity index is 1140. The van der Waals surface area contributed by atoms with Crippen LogP contribution in [0.3, 0.4) is 0 Å². The molecule has 0 radical (unpaired) electrons. The van der Waals surface area contributed by atoms with Gasteiger partial charge in [0.05, 0.1) is 11.5 Å². The number of carbonyl (C=O) groups is 2. The first-order valence-electron chi connectivity index (χ1n) is 9.85. The predicted molar refractivity (Wildman–Crippen MR) is 117 cm³/mol. The summed E-state index contributed by atoms with van der Waals surface area (Å²) in [4.78, 5) is 39.0.